The Bertz CT molecular complexity index is 512. The molecule has 0 radical (unpaired) electrons. The van der Waals surface area contributed by atoms with Crippen LogP contribution in [0.15, 0.2) is 24.3 Å². The maximum absolute atomic E-state index is 11.6. The summed E-state index contributed by atoms with van der Waals surface area (Å²) in [5.41, 5.74) is 0.762. The highest BCUT2D eigenvalue weighted by molar-refractivity contribution is 7.89. The van der Waals surface area contributed by atoms with Gasteiger partial charge in [0, 0.05) is 11.1 Å². The normalized spacial score (nSPS) is 13.2. The molecule has 0 bridgehead atoms. The molecule has 1 atom stereocenters. The maximum Gasteiger partial charge on any atom is 0.304 e. The minimum absolute atomic E-state index is 0.414. The van der Waals surface area contributed by atoms with E-state index in [2.05, 4.69) is 4.72 Å². The van der Waals surface area contributed by atoms with E-state index in [-0.39, 0.29) is 0 Å². The molecule has 0 saturated heterocycles. The van der Waals surface area contributed by atoms with Crippen LogP contribution in [0.3, 0.4) is 0 Å². The van der Waals surface area contributed by atoms with Crippen molar-refractivity contribution < 1.29 is 18.3 Å². The SMILES string of the molecule is C[C@H](NS(=O)(=O)CCC(=O)O)c1ccc(Cl)cc1. The number of carbonyl (C=O) groups is 1. The van der Waals surface area contributed by atoms with Crippen LogP contribution in [0.4, 0.5) is 0 Å². The van der Waals surface area contributed by atoms with Gasteiger partial charge in [0.15, 0.2) is 0 Å². The smallest absolute Gasteiger partial charge is 0.304 e. The molecule has 1 aromatic rings. The summed E-state index contributed by atoms with van der Waals surface area (Å²) in [4.78, 5) is 10.3. The van der Waals surface area contributed by atoms with Crippen molar-refractivity contribution >= 4 is 27.6 Å². The van der Waals surface area contributed by atoms with Gasteiger partial charge in [-0.05, 0) is 24.6 Å². The molecule has 2 N–H and O–H groups in total. The summed E-state index contributed by atoms with van der Waals surface area (Å²) in [5.74, 6) is -1.57. The van der Waals surface area contributed by atoms with Gasteiger partial charge >= 0.3 is 5.97 Å². The van der Waals surface area contributed by atoms with Crippen molar-refractivity contribution in [3.05, 3.63) is 34.9 Å². The number of hydrogen-bond donors (Lipinski definition) is 2. The molecular formula is C11H14ClNO4S. The molecule has 7 heteroatoms. The molecule has 0 heterocycles. The second kappa shape index (κ2) is 6.17. The molecule has 0 fully saturated rings. The van der Waals surface area contributed by atoms with Crippen molar-refractivity contribution in [2.75, 3.05) is 5.75 Å². The Labute approximate surface area is 111 Å². The minimum Gasteiger partial charge on any atom is -0.481 e. The molecule has 0 aliphatic rings. The Balaban J connectivity index is 2.66. The van der Waals surface area contributed by atoms with Gasteiger partial charge in [-0.1, -0.05) is 23.7 Å². The number of halogens is 1. The number of sulfonamides is 1. The zero-order valence-electron chi connectivity index (χ0n) is 9.76. The van der Waals surface area contributed by atoms with Crippen LogP contribution in [0.2, 0.25) is 5.02 Å². The number of hydrogen-bond acceptors (Lipinski definition) is 3. The number of carboxylic acid groups (broad SMARTS) is 1. The predicted octanol–water partition coefficient (Wildman–Crippen LogP) is 1.80. The van der Waals surface area contributed by atoms with Crippen LogP contribution in [-0.2, 0) is 14.8 Å². The van der Waals surface area contributed by atoms with Gasteiger partial charge in [0.05, 0.1) is 12.2 Å². The third-order valence-corrected chi connectivity index (χ3v) is 4.02. The third-order valence-electron chi connectivity index (χ3n) is 2.31. The van der Waals surface area contributed by atoms with E-state index < -0.39 is 34.2 Å². The first kappa shape index (κ1) is 14.9. The Morgan fingerprint density at radius 3 is 2.44 bits per heavy atom. The predicted molar refractivity (Wildman–Crippen MR) is 69.0 cm³/mol. The molecule has 1 rings (SSSR count). The van der Waals surface area contributed by atoms with Crippen molar-refractivity contribution in [2.24, 2.45) is 0 Å². The first-order chi connectivity index (χ1) is 8.30. The molecule has 18 heavy (non-hydrogen) atoms. The van der Waals surface area contributed by atoms with Gasteiger partial charge in [-0.2, -0.15) is 0 Å². The molecule has 0 aliphatic carbocycles. The summed E-state index contributed by atoms with van der Waals surface area (Å²) < 4.78 is 25.6. The lowest BCUT2D eigenvalue weighted by Crippen LogP contribution is -2.30. The quantitative estimate of drug-likeness (QED) is 0.837. The summed E-state index contributed by atoms with van der Waals surface area (Å²) in [5, 5.41) is 9.02. The van der Waals surface area contributed by atoms with E-state index in [1.807, 2.05) is 0 Å². The van der Waals surface area contributed by atoms with Gasteiger partial charge in [-0.3, -0.25) is 4.79 Å². The molecule has 0 amide bonds. The van der Waals surface area contributed by atoms with E-state index in [0.29, 0.717) is 5.02 Å². The fourth-order valence-electron chi connectivity index (χ4n) is 1.37. The Hall–Kier alpha value is -1.11. The maximum atomic E-state index is 11.6. The van der Waals surface area contributed by atoms with Crippen LogP contribution in [0.25, 0.3) is 0 Å². The summed E-state index contributed by atoms with van der Waals surface area (Å²) in [6.45, 7) is 1.68. The van der Waals surface area contributed by atoms with Crippen LogP contribution in [0.5, 0.6) is 0 Å². The summed E-state index contributed by atoms with van der Waals surface area (Å²) in [6.07, 6.45) is -0.414. The average molecular weight is 292 g/mol. The van der Waals surface area contributed by atoms with Gasteiger partial charge in [-0.25, -0.2) is 13.1 Å². The lowest BCUT2D eigenvalue weighted by atomic mass is 10.1. The molecule has 100 valence electrons. The second-order valence-corrected chi connectivity index (χ2v) is 6.16. The monoisotopic (exact) mass is 291 g/mol. The van der Waals surface area contributed by atoms with Crippen molar-refractivity contribution in [1.82, 2.24) is 4.72 Å². The third kappa shape index (κ3) is 5.03. The summed E-state index contributed by atoms with van der Waals surface area (Å²) >= 11 is 5.73. The summed E-state index contributed by atoms with van der Waals surface area (Å²) in [7, 11) is -3.60. The van der Waals surface area contributed by atoms with Crippen molar-refractivity contribution in [1.29, 1.82) is 0 Å². The van der Waals surface area contributed by atoms with Gasteiger partial charge < -0.3 is 5.11 Å². The topological polar surface area (TPSA) is 83.5 Å². The molecule has 0 spiro atoms. The molecule has 0 aliphatic heterocycles. The highest BCUT2D eigenvalue weighted by Crippen LogP contribution is 2.16. The molecular weight excluding hydrogens is 278 g/mol. The Morgan fingerprint density at radius 1 is 1.39 bits per heavy atom. The van der Waals surface area contributed by atoms with E-state index in [4.69, 9.17) is 16.7 Å². The average Bonchev–Trinajstić information content (AvgIpc) is 2.27. The molecule has 0 saturated carbocycles. The highest BCUT2D eigenvalue weighted by Gasteiger charge is 2.17. The number of carboxylic acids is 1. The van der Waals surface area contributed by atoms with Crippen molar-refractivity contribution in [3.8, 4) is 0 Å². The molecule has 0 unspecified atom stereocenters. The van der Waals surface area contributed by atoms with E-state index in [0.717, 1.165) is 5.56 Å². The van der Waals surface area contributed by atoms with Crippen LogP contribution in [-0.4, -0.2) is 25.2 Å². The first-order valence-corrected chi connectivity index (χ1v) is 7.30. The van der Waals surface area contributed by atoms with Crippen LogP contribution in [0, 0.1) is 0 Å². The largest absolute Gasteiger partial charge is 0.481 e. The highest BCUT2D eigenvalue weighted by atomic mass is 35.5. The van der Waals surface area contributed by atoms with Crippen molar-refractivity contribution in [3.63, 3.8) is 0 Å². The van der Waals surface area contributed by atoms with E-state index in [1.165, 1.54) is 0 Å². The van der Waals surface area contributed by atoms with Gasteiger partial charge in [-0.15, -0.1) is 0 Å². The lowest BCUT2D eigenvalue weighted by Gasteiger charge is -2.14. The fourth-order valence-corrected chi connectivity index (χ4v) is 2.73. The van der Waals surface area contributed by atoms with Crippen LogP contribution >= 0.6 is 11.6 Å². The van der Waals surface area contributed by atoms with Gasteiger partial charge in [0.25, 0.3) is 0 Å². The van der Waals surface area contributed by atoms with E-state index in [9.17, 15) is 13.2 Å². The first-order valence-electron chi connectivity index (χ1n) is 5.27. The summed E-state index contributed by atoms with van der Waals surface area (Å²) in [6, 6.07) is 6.33. The number of rotatable bonds is 6. The molecule has 5 nitrogen and oxygen atoms in total. The zero-order chi connectivity index (χ0) is 13.8. The van der Waals surface area contributed by atoms with Gasteiger partial charge in [0.2, 0.25) is 10.0 Å². The van der Waals surface area contributed by atoms with Gasteiger partial charge in [0.1, 0.15) is 0 Å². The van der Waals surface area contributed by atoms with E-state index >= 15 is 0 Å². The van der Waals surface area contributed by atoms with Crippen molar-refractivity contribution in [2.45, 2.75) is 19.4 Å². The number of nitrogens with one attached hydrogen (secondary N) is 1. The van der Waals surface area contributed by atoms with Crippen LogP contribution < -0.4 is 4.72 Å². The number of benzene rings is 1. The Kier molecular flexibility index (Phi) is 5.13. The number of aliphatic carboxylic acids is 1. The second-order valence-electron chi connectivity index (χ2n) is 3.85. The Morgan fingerprint density at radius 2 is 1.94 bits per heavy atom. The van der Waals surface area contributed by atoms with Crippen LogP contribution in [0.1, 0.15) is 24.9 Å². The fraction of sp³-hybridized carbons (Fsp3) is 0.364. The zero-order valence-corrected chi connectivity index (χ0v) is 11.3. The minimum atomic E-state index is -3.60. The molecule has 0 aromatic heterocycles. The molecule has 1 aromatic carbocycles. The lowest BCUT2D eigenvalue weighted by molar-refractivity contribution is -0.136. The van der Waals surface area contributed by atoms with E-state index in [1.54, 1.807) is 31.2 Å². The standard InChI is InChI=1S/C11H14ClNO4S/c1-8(9-2-4-10(12)5-3-9)13-18(16,17)7-6-11(14)15/h2-5,8,13H,6-7H2,1H3,(H,14,15)/t8-/m0/s1.